The van der Waals surface area contributed by atoms with Gasteiger partial charge in [-0.05, 0) is 65.4 Å². The molecule has 3 aromatic carbocycles. The molecule has 0 atom stereocenters. The number of halogens is 3. The number of nitroso groups, excluding NO2 is 1. The predicted octanol–water partition coefficient (Wildman–Crippen LogP) is 5.93. The summed E-state index contributed by atoms with van der Waals surface area (Å²) >= 11 is 0. The Morgan fingerprint density at radius 3 is 2.27 bits per heavy atom. The molecule has 0 saturated heterocycles. The number of fused-ring (bicyclic) bond motifs is 1. The van der Waals surface area contributed by atoms with Gasteiger partial charge in [-0.1, -0.05) is 43.0 Å². The van der Waals surface area contributed by atoms with Crippen molar-refractivity contribution >= 4 is 17.3 Å². The second-order valence-electron chi connectivity index (χ2n) is 9.13. The lowest BCUT2D eigenvalue weighted by molar-refractivity contribution is -0.137. The maximum Gasteiger partial charge on any atom is 0.416 e. The summed E-state index contributed by atoms with van der Waals surface area (Å²) in [4.78, 5) is 25.1. The van der Waals surface area contributed by atoms with E-state index in [1.807, 2.05) is 36.4 Å². The van der Waals surface area contributed by atoms with Gasteiger partial charge < -0.3 is 10.6 Å². The fourth-order valence-electron chi connectivity index (χ4n) is 4.44. The zero-order chi connectivity index (χ0) is 26.6. The molecule has 9 heteroatoms. The molecule has 192 valence electrons. The van der Waals surface area contributed by atoms with Crippen LogP contribution < -0.4 is 15.6 Å². The molecule has 0 saturated carbocycles. The number of nitrogens with two attached hydrogens (primary N) is 1. The maximum atomic E-state index is 12.8. The Hall–Kier alpha value is -4.14. The summed E-state index contributed by atoms with van der Waals surface area (Å²) in [5.74, 6) is -0.504. The third-order valence-electron chi connectivity index (χ3n) is 6.45. The van der Waals surface area contributed by atoms with Gasteiger partial charge >= 0.3 is 6.18 Å². The van der Waals surface area contributed by atoms with Gasteiger partial charge in [0.2, 0.25) is 5.91 Å². The van der Waals surface area contributed by atoms with Crippen LogP contribution in [0.3, 0.4) is 0 Å². The first-order valence-corrected chi connectivity index (χ1v) is 11.8. The van der Waals surface area contributed by atoms with Crippen LogP contribution in [-0.4, -0.2) is 12.5 Å². The lowest BCUT2D eigenvalue weighted by Gasteiger charge is -2.32. The van der Waals surface area contributed by atoms with Crippen LogP contribution in [0.25, 0.3) is 0 Å². The Morgan fingerprint density at radius 2 is 1.65 bits per heavy atom. The first-order chi connectivity index (χ1) is 17.6. The number of nitrogens with zero attached hydrogens (tertiary/aromatic N) is 3. The van der Waals surface area contributed by atoms with Gasteiger partial charge in [0.05, 0.1) is 23.1 Å². The number of anilines is 2. The molecule has 0 aromatic heterocycles. The number of primary amides is 1. The fourth-order valence-corrected chi connectivity index (χ4v) is 4.44. The summed E-state index contributed by atoms with van der Waals surface area (Å²) in [7, 11) is 0. The van der Waals surface area contributed by atoms with Crippen molar-refractivity contribution in [1.29, 1.82) is 0 Å². The number of hydrogen-bond acceptors (Lipinski definition) is 4. The van der Waals surface area contributed by atoms with Crippen molar-refractivity contribution in [3.05, 3.63) is 112 Å². The number of alkyl halides is 3. The molecule has 3 aromatic rings. The molecule has 2 N–H and O–H groups in total. The van der Waals surface area contributed by atoms with E-state index in [0.717, 1.165) is 53.9 Å². The van der Waals surface area contributed by atoms with Crippen molar-refractivity contribution in [2.75, 3.05) is 16.5 Å². The zero-order valence-corrected chi connectivity index (χ0v) is 20.2. The van der Waals surface area contributed by atoms with E-state index in [4.69, 9.17) is 5.73 Å². The van der Waals surface area contributed by atoms with Crippen LogP contribution in [0, 0.1) is 4.91 Å². The summed E-state index contributed by atoms with van der Waals surface area (Å²) in [6.45, 7) is 5.35. The first kappa shape index (κ1) is 25.9. The quantitative estimate of drug-likeness (QED) is 0.221. The third-order valence-corrected chi connectivity index (χ3v) is 6.45. The van der Waals surface area contributed by atoms with Crippen molar-refractivity contribution in [3.63, 3.8) is 0 Å². The summed E-state index contributed by atoms with van der Waals surface area (Å²) in [5.41, 5.74) is 10.3. The number of benzene rings is 3. The molecule has 0 unspecified atom stereocenters. The number of hydrogen-bond donors (Lipinski definition) is 1. The minimum Gasteiger partial charge on any atom is -0.367 e. The number of aryl methyl sites for hydroxylation is 1. The summed E-state index contributed by atoms with van der Waals surface area (Å²) in [5, 5.41) is 4.36. The highest BCUT2D eigenvalue weighted by Gasteiger charge is 2.30. The van der Waals surface area contributed by atoms with Crippen LogP contribution in [-0.2, 0) is 36.9 Å². The van der Waals surface area contributed by atoms with Crippen LogP contribution in [0.5, 0.6) is 0 Å². The number of carbonyl (C=O) groups excluding carboxylic acids is 1. The van der Waals surface area contributed by atoms with Crippen LogP contribution in [0.1, 0.15) is 34.2 Å². The molecule has 0 aliphatic carbocycles. The number of carbonyl (C=O) groups is 1. The van der Waals surface area contributed by atoms with E-state index in [1.54, 1.807) is 6.07 Å². The molecular weight excluding hydrogens is 481 g/mol. The van der Waals surface area contributed by atoms with Gasteiger partial charge in [-0.15, -0.1) is 4.91 Å². The molecular formula is C28H27F3N4O2. The second-order valence-corrected chi connectivity index (χ2v) is 9.13. The molecule has 6 nitrogen and oxygen atoms in total. The highest BCUT2D eigenvalue weighted by atomic mass is 19.4. The molecule has 1 aliphatic heterocycles. The summed E-state index contributed by atoms with van der Waals surface area (Å²) < 4.78 is 38.5. The van der Waals surface area contributed by atoms with E-state index in [1.165, 1.54) is 17.1 Å². The van der Waals surface area contributed by atoms with Crippen LogP contribution in [0.2, 0.25) is 0 Å². The van der Waals surface area contributed by atoms with Gasteiger partial charge in [0.15, 0.2) is 0 Å². The van der Waals surface area contributed by atoms with Gasteiger partial charge in [0.1, 0.15) is 0 Å². The molecule has 0 fully saturated rings. The predicted molar refractivity (Wildman–Crippen MR) is 138 cm³/mol. The fraction of sp³-hybridized carbons (Fsp3) is 0.250. The smallest absolute Gasteiger partial charge is 0.367 e. The molecule has 0 bridgehead atoms. The minimum absolute atomic E-state index is 0.0681. The van der Waals surface area contributed by atoms with Crippen LogP contribution in [0.4, 0.5) is 24.5 Å². The monoisotopic (exact) mass is 508 g/mol. The topological polar surface area (TPSA) is 79.0 Å². The van der Waals surface area contributed by atoms with E-state index in [2.05, 4.69) is 16.8 Å². The normalized spacial score (nSPS) is 13.1. The Kier molecular flexibility index (Phi) is 7.61. The van der Waals surface area contributed by atoms with Crippen molar-refractivity contribution in [2.45, 2.75) is 38.5 Å². The molecule has 1 aliphatic rings. The second kappa shape index (κ2) is 10.9. The zero-order valence-electron chi connectivity index (χ0n) is 20.2. The largest absolute Gasteiger partial charge is 0.416 e. The van der Waals surface area contributed by atoms with Crippen molar-refractivity contribution in [1.82, 2.24) is 0 Å². The average molecular weight is 509 g/mol. The van der Waals surface area contributed by atoms with E-state index >= 15 is 0 Å². The molecule has 1 heterocycles. The molecule has 0 radical (unpaired) electrons. The Bertz CT molecular complexity index is 1290. The Labute approximate surface area is 213 Å². The highest BCUT2D eigenvalue weighted by molar-refractivity contribution is 5.91. The maximum absolute atomic E-state index is 12.8. The van der Waals surface area contributed by atoms with E-state index in [-0.39, 0.29) is 6.54 Å². The van der Waals surface area contributed by atoms with E-state index in [9.17, 15) is 22.9 Å². The molecule has 37 heavy (non-hydrogen) atoms. The van der Waals surface area contributed by atoms with Crippen LogP contribution in [0.15, 0.2) is 84.2 Å². The summed E-state index contributed by atoms with van der Waals surface area (Å²) in [6.07, 6.45) is -2.20. The Balaban J connectivity index is 1.46. The van der Waals surface area contributed by atoms with Crippen molar-refractivity contribution < 1.29 is 18.0 Å². The lowest BCUT2D eigenvalue weighted by atomic mass is 9.99. The van der Waals surface area contributed by atoms with Gasteiger partial charge in [-0.3, -0.25) is 4.79 Å². The van der Waals surface area contributed by atoms with Gasteiger partial charge in [0, 0.05) is 30.8 Å². The van der Waals surface area contributed by atoms with Crippen molar-refractivity contribution in [2.24, 2.45) is 11.0 Å². The van der Waals surface area contributed by atoms with Gasteiger partial charge in [0.25, 0.3) is 0 Å². The standard InChI is InChI=1S/C28H27F3N4O2/c1-19(27(32)36)15-20-4-6-21(7-5-20)17-34-14-2-3-23-16-25(12-13-26(23)34)35(33-37)18-22-8-10-24(11-9-22)28(29,30)31/h4-13,16H,1-3,14-15,17-18H2,(H2,32,36). The number of rotatable bonds is 9. The van der Waals surface area contributed by atoms with Crippen molar-refractivity contribution in [3.8, 4) is 0 Å². The van der Waals surface area contributed by atoms with Gasteiger partial charge in [-0.2, -0.15) is 13.2 Å². The highest BCUT2D eigenvalue weighted by Crippen LogP contribution is 2.33. The van der Waals surface area contributed by atoms with Gasteiger partial charge in [-0.25, -0.2) is 5.01 Å². The molecule has 4 rings (SSSR count). The van der Waals surface area contributed by atoms with Crippen LogP contribution >= 0.6 is 0 Å². The molecule has 1 amide bonds. The van der Waals surface area contributed by atoms with E-state index in [0.29, 0.717) is 29.8 Å². The third kappa shape index (κ3) is 6.35. The Morgan fingerprint density at radius 1 is 1.00 bits per heavy atom. The first-order valence-electron chi connectivity index (χ1n) is 11.8. The lowest BCUT2D eigenvalue weighted by Crippen LogP contribution is -2.29. The average Bonchev–Trinajstić information content (AvgIpc) is 2.88. The minimum atomic E-state index is -4.41. The van der Waals surface area contributed by atoms with E-state index < -0.39 is 17.6 Å². The summed E-state index contributed by atoms with van der Waals surface area (Å²) in [6, 6.07) is 18.4. The molecule has 0 spiro atoms. The SMILES string of the molecule is C=C(Cc1ccc(CN2CCCc3cc(N(Cc4ccc(C(F)(F)F)cc4)N=O)ccc32)cc1)C(N)=O. The number of amides is 1.